The van der Waals surface area contributed by atoms with Crippen LogP contribution in [0.3, 0.4) is 0 Å². The van der Waals surface area contributed by atoms with Crippen LogP contribution in [0.5, 0.6) is 0 Å². The number of carbonyl (C=O) groups excluding carboxylic acids is 3. The van der Waals surface area contributed by atoms with E-state index in [9.17, 15) is 24.3 Å². The number of amides is 3. The Kier molecular flexibility index (Phi) is 13.3. The summed E-state index contributed by atoms with van der Waals surface area (Å²) >= 11 is 4.00. The van der Waals surface area contributed by atoms with Crippen LogP contribution in [0.1, 0.15) is 38.8 Å². The van der Waals surface area contributed by atoms with Gasteiger partial charge in [0, 0.05) is 30.6 Å². The first-order valence-electron chi connectivity index (χ1n) is 11.5. The molecule has 0 fully saturated rings. The van der Waals surface area contributed by atoms with Gasteiger partial charge in [0.15, 0.2) is 5.96 Å². The predicted octanol–water partition coefficient (Wildman–Crippen LogP) is -2.15. The van der Waals surface area contributed by atoms with Crippen LogP contribution >= 0.6 is 12.6 Å². The number of guanidine groups is 1. The lowest BCUT2D eigenvalue weighted by Gasteiger charge is -2.28. The van der Waals surface area contributed by atoms with Crippen LogP contribution in [0.4, 0.5) is 0 Å². The zero-order valence-electron chi connectivity index (χ0n) is 20.4. The first kappa shape index (κ1) is 30.7. The summed E-state index contributed by atoms with van der Waals surface area (Å²) in [5.74, 6) is -3.48. The highest BCUT2D eigenvalue weighted by molar-refractivity contribution is 7.80. The van der Waals surface area contributed by atoms with Gasteiger partial charge < -0.3 is 43.2 Å². The molecule has 1 aromatic heterocycles. The van der Waals surface area contributed by atoms with E-state index in [1.807, 2.05) is 6.92 Å². The molecule has 0 aliphatic carbocycles. The van der Waals surface area contributed by atoms with Crippen molar-refractivity contribution in [2.45, 2.75) is 63.7 Å². The highest BCUT2D eigenvalue weighted by Crippen LogP contribution is 2.11. The number of carboxylic acids is 1. The number of H-pyrrole nitrogens is 1. The van der Waals surface area contributed by atoms with E-state index in [-0.39, 0.29) is 37.0 Å². The van der Waals surface area contributed by atoms with Crippen molar-refractivity contribution in [2.75, 3.05) is 12.3 Å². The number of nitrogens with zero attached hydrogens (tertiary/aromatic N) is 2. The Bertz CT molecular complexity index is 892. The summed E-state index contributed by atoms with van der Waals surface area (Å²) < 4.78 is 0. The van der Waals surface area contributed by atoms with Crippen molar-refractivity contribution >= 4 is 42.3 Å². The molecule has 0 aliphatic rings. The number of hydrogen-bond acceptors (Lipinski definition) is 8. The molecule has 1 heterocycles. The van der Waals surface area contributed by atoms with Crippen LogP contribution in [0.2, 0.25) is 0 Å². The van der Waals surface area contributed by atoms with Gasteiger partial charge in [-0.1, -0.05) is 20.3 Å². The summed E-state index contributed by atoms with van der Waals surface area (Å²) in [6.45, 7) is 3.80. The van der Waals surface area contributed by atoms with Crippen molar-refractivity contribution in [3.05, 3.63) is 18.2 Å². The average molecular weight is 528 g/mol. The van der Waals surface area contributed by atoms with Gasteiger partial charge in [0.1, 0.15) is 18.1 Å². The third kappa shape index (κ3) is 10.5. The molecule has 0 spiro atoms. The molecule has 36 heavy (non-hydrogen) atoms. The fraction of sp³-hybridized carbons (Fsp3) is 0.619. The molecule has 5 unspecified atom stereocenters. The van der Waals surface area contributed by atoms with Crippen molar-refractivity contribution in [1.29, 1.82) is 0 Å². The van der Waals surface area contributed by atoms with Crippen LogP contribution in [-0.2, 0) is 25.6 Å². The van der Waals surface area contributed by atoms with Crippen LogP contribution in [0, 0.1) is 5.92 Å². The molecule has 0 saturated carbocycles. The standard InChI is InChI=1S/C21H37N9O5S/c1-3-11(2)16(19(33)29-15(20(34)35)7-12-8-25-10-27-12)30-18(32)14(5-4-6-26-21(23)24)28-17(31)13(22)9-36/h8,10-11,13-16,36H,3-7,9,22H2,1-2H3,(H,25,27)(H,28,31)(H,29,33)(H,30,32)(H,34,35)(H4,23,24,26). The number of carboxylic acid groups (broad SMARTS) is 1. The number of nitrogens with one attached hydrogen (secondary N) is 4. The van der Waals surface area contributed by atoms with Gasteiger partial charge in [-0.15, -0.1) is 0 Å². The second-order valence-electron chi connectivity index (χ2n) is 8.35. The molecular formula is C21H37N9O5S. The number of thiol groups is 1. The Morgan fingerprint density at radius 2 is 1.81 bits per heavy atom. The molecule has 1 rings (SSSR count). The second-order valence-corrected chi connectivity index (χ2v) is 8.72. The first-order chi connectivity index (χ1) is 17.0. The molecule has 0 radical (unpaired) electrons. The Morgan fingerprint density at radius 3 is 2.33 bits per heavy atom. The van der Waals surface area contributed by atoms with Crippen LogP contribution < -0.4 is 33.2 Å². The van der Waals surface area contributed by atoms with E-state index in [4.69, 9.17) is 17.2 Å². The fourth-order valence-corrected chi connectivity index (χ4v) is 3.33. The highest BCUT2D eigenvalue weighted by Gasteiger charge is 2.32. The number of nitrogens with two attached hydrogens (primary N) is 3. The first-order valence-corrected chi connectivity index (χ1v) is 12.2. The van der Waals surface area contributed by atoms with Gasteiger partial charge in [-0.05, 0) is 18.8 Å². The van der Waals surface area contributed by atoms with Crippen molar-refractivity contribution in [2.24, 2.45) is 28.1 Å². The third-order valence-corrected chi connectivity index (χ3v) is 5.89. The van der Waals surface area contributed by atoms with E-state index >= 15 is 0 Å². The van der Waals surface area contributed by atoms with E-state index < -0.39 is 47.9 Å². The second kappa shape index (κ2) is 15.6. The number of carbonyl (C=O) groups is 4. The Hall–Kier alpha value is -3.33. The Balaban J connectivity index is 3.01. The maximum absolute atomic E-state index is 13.1. The summed E-state index contributed by atoms with van der Waals surface area (Å²) in [5.41, 5.74) is 16.9. The topological polar surface area (TPSA) is 244 Å². The zero-order valence-corrected chi connectivity index (χ0v) is 21.3. The van der Waals surface area contributed by atoms with Crippen molar-refractivity contribution < 1.29 is 24.3 Å². The highest BCUT2D eigenvalue weighted by atomic mass is 32.1. The normalized spacial score (nSPS) is 15.0. The van der Waals surface area contributed by atoms with E-state index in [2.05, 4.69) is 43.5 Å². The summed E-state index contributed by atoms with van der Waals surface area (Å²) in [5, 5.41) is 17.3. The molecule has 14 nitrogen and oxygen atoms in total. The minimum atomic E-state index is -1.25. The number of hydrogen-bond donors (Lipinski definition) is 9. The molecule has 0 aliphatic heterocycles. The molecule has 202 valence electrons. The van der Waals surface area contributed by atoms with Gasteiger partial charge in [0.05, 0.1) is 12.4 Å². The monoisotopic (exact) mass is 527 g/mol. The maximum Gasteiger partial charge on any atom is 0.326 e. The number of imidazole rings is 1. The lowest BCUT2D eigenvalue weighted by molar-refractivity contribution is -0.142. The van der Waals surface area contributed by atoms with Gasteiger partial charge in [-0.2, -0.15) is 12.6 Å². The summed E-state index contributed by atoms with van der Waals surface area (Å²) in [7, 11) is 0. The van der Waals surface area contributed by atoms with Gasteiger partial charge >= 0.3 is 5.97 Å². The quantitative estimate of drug-likeness (QED) is 0.0491. The van der Waals surface area contributed by atoms with E-state index in [1.165, 1.54) is 12.5 Å². The number of aromatic nitrogens is 2. The number of aromatic amines is 1. The van der Waals surface area contributed by atoms with Crippen LogP contribution in [-0.4, -0.2) is 81.2 Å². The molecule has 1 aromatic rings. The predicted molar refractivity (Wildman–Crippen MR) is 137 cm³/mol. The third-order valence-electron chi connectivity index (χ3n) is 5.50. The van der Waals surface area contributed by atoms with Crippen LogP contribution in [0.25, 0.3) is 0 Å². The maximum atomic E-state index is 13.1. The van der Waals surface area contributed by atoms with Crippen molar-refractivity contribution in [3.63, 3.8) is 0 Å². The Labute approximate surface area is 215 Å². The van der Waals surface area contributed by atoms with Crippen molar-refractivity contribution in [1.82, 2.24) is 25.9 Å². The minimum Gasteiger partial charge on any atom is -0.480 e. The lowest BCUT2D eigenvalue weighted by Crippen LogP contribution is -2.59. The zero-order chi connectivity index (χ0) is 27.3. The van der Waals surface area contributed by atoms with Gasteiger partial charge in [0.2, 0.25) is 17.7 Å². The molecule has 0 aromatic carbocycles. The SMILES string of the molecule is CCC(C)C(NC(=O)C(CCCN=C(N)N)NC(=O)C(N)CS)C(=O)NC(Cc1cnc[nH]1)C(=O)O. The molecular weight excluding hydrogens is 490 g/mol. The lowest BCUT2D eigenvalue weighted by atomic mass is 9.97. The molecule has 11 N–H and O–H groups in total. The summed E-state index contributed by atoms with van der Waals surface area (Å²) in [4.78, 5) is 60.8. The molecule has 0 bridgehead atoms. The summed E-state index contributed by atoms with van der Waals surface area (Å²) in [6, 6.07) is -4.27. The smallest absolute Gasteiger partial charge is 0.326 e. The largest absolute Gasteiger partial charge is 0.480 e. The number of aliphatic imine (C=N–C) groups is 1. The minimum absolute atomic E-state index is 0.0205. The number of rotatable bonds is 16. The Morgan fingerprint density at radius 1 is 1.14 bits per heavy atom. The van der Waals surface area contributed by atoms with Gasteiger partial charge in [-0.25, -0.2) is 9.78 Å². The molecule has 3 amide bonds. The molecule has 15 heteroatoms. The van der Waals surface area contributed by atoms with Crippen LogP contribution in [0.15, 0.2) is 17.5 Å². The molecule has 0 saturated heterocycles. The van der Waals surface area contributed by atoms with Gasteiger partial charge in [-0.3, -0.25) is 19.4 Å². The average Bonchev–Trinajstić information content (AvgIpc) is 3.35. The van der Waals surface area contributed by atoms with Crippen molar-refractivity contribution in [3.8, 4) is 0 Å². The van der Waals surface area contributed by atoms with E-state index in [0.717, 1.165) is 0 Å². The number of aliphatic carboxylic acids is 1. The van der Waals surface area contributed by atoms with E-state index in [1.54, 1.807) is 6.92 Å². The van der Waals surface area contributed by atoms with Gasteiger partial charge in [0.25, 0.3) is 0 Å². The van der Waals surface area contributed by atoms with E-state index in [0.29, 0.717) is 18.5 Å². The summed E-state index contributed by atoms with van der Waals surface area (Å²) in [6.07, 6.45) is 3.88. The molecule has 5 atom stereocenters. The fourth-order valence-electron chi connectivity index (χ4n) is 3.17.